The number of rotatable bonds is 3. The molecule has 0 bridgehead atoms. The van der Waals surface area contributed by atoms with Crippen molar-refractivity contribution in [2.75, 3.05) is 6.61 Å². The van der Waals surface area contributed by atoms with Crippen LogP contribution in [0.4, 0.5) is 0 Å². The highest BCUT2D eigenvalue weighted by molar-refractivity contribution is 5.88. The Balaban J connectivity index is 2.84. The number of allylic oxidation sites excluding steroid dienone is 1. The first-order chi connectivity index (χ1) is 6.10. The highest BCUT2D eigenvalue weighted by Gasteiger charge is 2.33. The lowest BCUT2D eigenvalue weighted by Crippen LogP contribution is -2.39. The summed E-state index contributed by atoms with van der Waals surface area (Å²) in [4.78, 5) is 11.4. The first-order valence-corrected chi connectivity index (χ1v) is 4.40. The summed E-state index contributed by atoms with van der Waals surface area (Å²) in [7, 11) is 0. The molecule has 0 amide bonds. The van der Waals surface area contributed by atoms with E-state index in [0.29, 0.717) is 18.7 Å². The fourth-order valence-corrected chi connectivity index (χ4v) is 1.36. The maximum atomic E-state index is 11.4. The van der Waals surface area contributed by atoms with Crippen LogP contribution < -0.4 is 5.73 Å². The Hall–Kier alpha value is -1.09. The second-order valence-electron chi connectivity index (χ2n) is 3.12. The first-order valence-electron chi connectivity index (χ1n) is 4.40. The van der Waals surface area contributed by atoms with E-state index >= 15 is 0 Å². The van der Waals surface area contributed by atoms with Crippen LogP contribution in [0.3, 0.4) is 0 Å². The Morgan fingerprint density at radius 1 is 1.77 bits per heavy atom. The van der Waals surface area contributed by atoms with Gasteiger partial charge in [0, 0.05) is 18.7 Å². The molecule has 0 saturated heterocycles. The van der Waals surface area contributed by atoms with E-state index in [1.165, 1.54) is 6.92 Å². The molecule has 1 atom stereocenters. The van der Waals surface area contributed by atoms with Crippen LogP contribution in [0.1, 0.15) is 20.3 Å². The van der Waals surface area contributed by atoms with Gasteiger partial charge in [-0.1, -0.05) is 6.08 Å². The number of nitrogens with two attached hydrogens (primary N) is 1. The molecule has 72 valence electrons. The van der Waals surface area contributed by atoms with E-state index in [9.17, 15) is 4.79 Å². The molecule has 2 N–H and O–H groups in total. The molecule has 0 aromatic rings. The summed E-state index contributed by atoms with van der Waals surface area (Å²) >= 11 is 0. The van der Waals surface area contributed by atoms with Gasteiger partial charge in [0.05, 0.1) is 0 Å². The molecule has 0 radical (unpaired) electrons. The number of ether oxygens (including phenoxy) is 1. The smallest absolute Gasteiger partial charge is 0.165 e. The minimum Gasteiger partial charge on any atom is -0.399 e. The predicted molar refractivity (Wildman–Crippen MR) is 51.1 cm³/mol. The summed E-state index contributed by atoms with van der Waals surface area (Å²) in [5.74, 6) is 0.0225. The van der Waals surface area contributed by atoms with Crippen molar-refractivity contribution in [3.05, 3.63) is 23.9 Å². The monoisotopic (exact) mass is 181 g/mol. The number of Topliss-reactive ketones (excluding diaryl/α,β-unsaturated/α-hetero) is 1. The molecule has 0 saturated carbocycles. The quantitative estimate of drug-likeness (QED) is 0.710. The zero-order chi connectivity index (χ0) is 9.90. The molecule has 0 aliphatic heterocycles. The largest absolute Gasteiger partial charge is 0.399 e. The number of ketones is 1. The number of carbonyl (C=O) groups excluding carboxylic acids is 1. The normalized spacial score (nSPS) is 27.1. The summed E-state index contributed by atoms with van der Waals surface area (Å²) in [6.07, 6.45) is 5.82. The maximum Gasteiger partial charge on any atom is 0.165 e. The maximum absolute atomic E-state index is 11.4. The van der Waals surface area contributed by atoms with E-state index in [0.717, 1.165) is 0 Å². The number of hydrogen-bond acceptors (Lipinski definition) is 3. The van der Waals surface area contributed by atoms with Crippen molar-refractivity contribution in [1.82, 2.24) is 0 Å². The van der Waals surface area contributed by atoms with Gasteiger partial charge in [-0.15, -0.1) is 0 Å². The van der Waals surface area contributed by atoms with Gasteiger partial charge in [-0.2, -0.15) is 0 Å². The fraction of sp³-hybridized carbons (Fsp3) is 0.500. The molecule has 1 unspecified atom stereocenters. The zero-order valence-corrected chi connectivity index (χ0v) is 8.04. The van der Waals surface area contributed by atoms with Crippen molar-refractivity contribution in [2.45, 2.75) is 25.9 Å². The summed E-state index contributed by atoms with van der Waals surface area (Å²) in [6, 6.07) is 0. The molecule has 0 aromatic carbocycles. The highest BCUT2D eigenvalue weighted by Crippen LogP contribution is 2.24. The Kier molecular flexibility index (Phi) is 2.88. The molecule has 1 rings (SSSR count). The van der Waals surface area contributed by atoms with Gasteiger partial charge in [0.1, 0.15) is 5.60 Å². The third-order valence-electron chi connectivity index (χ3n) is 2.18. The van der Waals surface area contributed by atoms with E-state index in [4.69, 9.17) is 10.5 Å². The second-order valence-corrected chi connectivity index (χ2v) is 3.12. The highest BCUT2D eigenvalue weighted by atomic mass is 16.5. The molecular formula is C10H15NO2. The van der Waals surface area contributed by atoms with Crippen molar-refractivity contribution in [3.63, 3.8) is 0 Å². The Morgan fingerprint density at radius 3 is 2.85 bits per heavy atom. The molecule has 13 heavy (non-hydrogen) atoms. The van der Waals surface area contributed by atoms with E-state index in [2.05, 4.69) is 0 Å². The van der Waals surface area contributed by atoms with Crippen LogP contribution in [0, 0.1) is 0 Å². The van der Waals surface area contributed by atoms with Gasteiger partial charge < -0.3 is 10.5 Å². The van der Waals surface area contributed by atoms with Crippen molar-refractivity contribution in [2.24, 2.45) is 5.73 Å². The van der Waals surface area contributed by atoms with Crippen molar-refractivity contribution in [1.29, 1.82) is 0 Å². The van der Waals surface area contributed by atoms with E-state index in [-0.39, 0.29) is 5.78 Å². The summed E-state index contributed by atoms with van der Waals surface area (Å²) in [5, 5.41) is 0. The molecule has 0 heterocycles. The van der Waals surface area contributed by atoms with Gasteiger partial charge in [0.2, 0.25) is 0 Å². The molecule has 0 fully saturated rings. The van der Waals surface area contributed by atoms with Crippen molar-refractivity contribution < 1.29 is 9.53 Å². The van der Waals surface area contributed by atoms with E-state index in [1.807, 2.05) is 13.0 Å². The summed E-state index contributed by atoms with van der Waals surface area (Å²) in [6.45, 7) is 3.94. The van der Waals surface area contributed by atoms with Gasteiger partial charge in [-0.3, -0.25) is 4.79 Å². The molecule has 3 heteroatoms. The summed E-state index contributed by atoms with van der Waals surface area (Å²) in [5.41, 5.74) is 5.48. The van der Waals surface area contributed by atoms with Crippen LogP contribution in [-0.4, -0.2) is 18.0 Å². The Bertz CT molecular complexity index is 268. The summed E-state index contributed by atoms with van der Waals surface area (Å²) < 4.78 is 5.44. The second kappa shape index (κ2) is 3.75. The zero-order valence-electron chi connectivity index (χ0n) is 8.04. The molecule has 0 aromatic heterocycles. The van der Waals surface area contributed by atoms with Gasteiger partial charge in [-0.25, -0.2) is 0 Å². The standard InChI is InChI=1S/C10H15NO2/c1-3-13-10(8(2)12)6-4-9(11)5-7-10/h4-6H,3,7,11H2,1-2H3. The van der Waals surface area contributed by atoms with Crippen LogP contribution in [0.15, 0.2) is 23.9 Å². The van der Waals surface area contributed by atoms with Gasteiger partial charge >= 0.3 is 0 Å². The van der Waals surface area contributed by atoms with Crippen molar-refractivity contribution >= 4 is 5.78 Å². The molecule has 3 nitrogen and oxygen atoms in total. The van der Waals surface area contributed by atoms with Gasteiger partial charge in [0.15, 0.2) is 5.78 Å². The van der Waals surface area contributed by atoms with Gasteiger partial charge in [0.25, 0.3) is 0 Å². The third kappa shape index (κ3) is 1.98. The molecular weight excluding hydrogens is 166 g/mol. The fourth-order valence-electron chi connectivity index (χ4n) is 1.36. The average molecular weight is 181 g/mol. The topological polar surface area (TPSA) is 52.3 Å². The van der Waals surface area contributed by atoms with E-state index < -0.39 is 5.60 Å². The minimum absolute atomic E-state index is 0.0225. The average Bonchev–Trinajstić information content (AvgIpc) is 2.09. The Labute approximate surface area is 78.3 Å². The van der Waals surface area contributed by atoms with Crippen LogP contribution in [0.25, 0.3) is 0 Å². The molecule has 1 aliphatic rings. The predicted octanol–water partition coefficient (Wildman–Crippen LogP) is 1.15. The Morgan fingerprint density at radius 2 is 2.46 bits per heavy atom. The SMILES string of the molecule is CCOC1(C(C)=O)C=CC(N)=CC1. The van der Waals surface area contributed by atoms with Crippen LogP contribution >= 0.6 is 0 Å². The van der Waals surface area contributed by atoms with Gasteiger partial charge in [-0.05, 0) is 26.0 Å². The van der Waals surface area contributed by atoms with Crippen LogP contribution in [0.5, 0.6) is 0 Å². The van der Waals surface area contributed by atoms with E-state index in [1.54, 1.807) is 12.2 Å². The number of hydrogen-bond donors (Lipinski definition) is 1. The van der Waals surface area contributed by atoms with Crippen LogP contribution in [0.2, 0.25) is 0 Å². The number of carbonyl (C=O) groups is 1. The first kappa shape index (κ1) is 9.99. The lowest BCUT2D eigenvalue weighted by Gasteiger charge is -2.28. The third-order valence-corrected chi connectivity index (χ3v) is 2.18. The lowest BCUT2D eigenvalue weighted by molar-refractivity contribution is -0.135. The lowest BCUT2D eigenvalue weighted by atomic mass is 9.90. The molecule has 0 spiro atoms. The van der Waals surface area contributed by atoms with Crippen molar-refractivity contribution in [3.8, 4) is 0 Å². The minimum atomic E-state index is -0.766. The van der Waals surface area contributed by atoms with Crippen LogP contribution in [-0.2, 0) is 9.53 Å². The molecule has 1 aliphatic carbocycles.